The van der Waals surface area contributed by atoms with Gasteiger partial charge in [0.05, 0.1) is 16.7 Å². The molecule has 7 heteroatoms. The van der Waals surface area contributed by atoms with Gasteiger partial charge in [0, 0.05) is 3.57 Å². The number of rotatable bonds is 3. The molecule has 0 aliphatic carbocycles. The smallest absolute Gasteiger partial charge is 0.285 e. The predicted octanol–water partition coefficient (Wildman–Crippen LogP) is 3.59. The van der Waals surface area contributed by atoms with E-state index in [2.05, 4.69) is 5.32 Å². The van der Waals surface area contributed by atoms with Gasteiger partial charge < -0.3 is 5.32 Å². The molecule has 2 aromatic rings. The van der Waals surface area contributed by atoms with E-state index in [-0.39, 0.29) is 5.56 Å². The van der Waals surface area contributed by atoms with Gasteiger partial charge in [0.15, 0.2) is 0 Å². The van der Waals surface area contributed by atoms with Gasteiger partial charge in [0.25, 0.3) is 11.6 Å². The number of anilines is 1. The Kier molecular flexibility index (Phi) is 4.28. The average molecular weight is 386 g/mol. The quantitative estimate of drug-likeness (QED) is 0.498. The number of carbonyl (C=O) groups is 1. The van der Waals surface area contributed by atoms with Crippen LogP contribution in [0.25, 0.3) is 0 Å². The summed E-state index contributed by atoms with van der Waals surface area (Å²) in [7, 11) is 0. The largest absolute Gasteiger partial charge is 0.321 e. The number of benzene rings is 2. The van der Waals surface area contributed by atoms with E-state index in [1.807, 2.05) is 22.6 Å². The lowest BCUT2D eigenvalue weighted by molar-refractivity contribution is -0.385. The summed E-state index contributed by atoms with van der Waals surface area (Å²) in [5, 5.41) is 13.4. The first-order chi connectivity index (χ1) is 9.49. The maximum absolute atomic E-state index is 13.0. The zero-order chi connectivity index (χ0) is 14.7. The summed E-state index contributed by atoms with van der Waals surface area (Å²) in [6, 6.07) is 9.83. The first kappa shape index (κ1) is 14.4. The Hall–Kier alpha value is -2.03. The topological polar surface area (TPSA) is 72.2 Å². The minimum atomic E-state index is -0.784. The molecular weight excluding hydrogens is 378 g/mol. The monoisotopic (exact) mass is 386 g/mol. The molecule has 0 spiro atoms. The standard InChI is InChI=1S/C13H8FIN2O3/c14-8-5-6-9(12(7-8)17(19)20)13(18)16-11-4-2-1-3-10(11)15/h1-7H,(H,16,18). The SMILES string of the molecule is O=C(Nc1ccccc1I)c1ccc(F)cc1[N+](=O)[O-]. The van der Waals surface area contributed by atoms with E-state index in [9.17, 15) is 19.3 Å². The molecule has 0 unspecified atom stereocenters. The molecule has 1 N–H and O–H groups in total. The van der Waals surface area contributed by atoms with Crippen LogP contribution in [-0.4, -0.2) is 10.8 Å². The molecule has 0 radical (unpaired) electrons. The Morgan fingerprint density at radius 2 is 1.95 bits per heavy atom. The summed E-state index contributed by atoms with van der Waals surface area (Å²) in [6.07, 6.45) is 0. The number of hydrogen-bond donors (Lipinski definition) is 1. The van der Waals surface area contributed by atoms with Crippen molar-refractivity contribution in [3.8, 4) is 0 Å². The van der Waals surface area contributed by atoms with E-state index < -0.39 is 22.3 Å². The van der Waals surface area contributed by atoms with Crippen molar-refractivity contribution in [2.24, 2.45) is 0 Å². The highest BCUT2D eigenvalue weighted by Gasteiger charge is 2.21. The first-order valence-electron chi connectivity index (χ1n) is 5.49. The summed E-state index contributed by atoms with van der Waals surface area (Å²) < 4.78 is 13.8. The van der Waals surface area contributed by atoms with Crippen LogP contribution in [0, 0.1) is 19.5 Å². The van der Waals surface area contributed by atoms with Crippen LogP contribution >= 0.6 is 22.6 Å². The molecule has 20 heavy (non-hydrogen) atoms. The van der Waals surface area contributed by atoms with Gasteiger partial charge in [0.2, 0.25) is 0 Å². The molecular formula is C13H8FIN2O3. The van der Waals surface area contributed by atoms with Gasteiger partial charge in [0.1, 0.15) is 11.4 Å². The number of nitrogens with one attached hydrogen (secondary N) is 1. The minimum Gasteiger partial charge on any atom is -0.321 e. The van der Waals surface area contributed by atoms with E-state index in [0.29, 0.717) is 5.69 Å². The molecule has 0 saturated carbocycles. The molecule has 0 aromatic heterocycles. The van der Waals surface area contributed by atoms with Gasteiger partial charge in [-0.15, -0.1) is 0 Å². The summed E-state index contributed by atoms with van der Waals surface area (Å²) >= 11 is 2.03. The molecule has 0 saturated heterocycles. The molecule has 5 nitrogen and oxygen atoms in total. The highest BCUT2D eigenvalue weighted by Crippen LogP contribution is 2.23. The van der Waals surface area contributed by atoms with Crippen molar-refractivity contribution in [1.29, 1.82) is 0 Å². The van der Waals surface area contributed by atoms with Crippen LogP contribution in [-0.2, 0) is 0 Å². The van der Waals surface area contributed by atoms with Crippen molar-refractivity contribution in [1.82, 2.24) is 0 Å². The van der Waals surface area contributed by atoms with Crippen LogP contribution in [0.4, 0.5) is 15.8 Å². The Morgan fingerprint density at radius 1 is 1.25 bits per heavy atom. The van der Waals surface area contributed by atoms with Crippen LogP contribution < -0.4 is 5.32 Å². The normalized spacial score (nSPS) is 10.1. The van der Waals surface area contributed by atoms with Crippen molar-refractivity contribution in [2.45, 2.75) is 0 Å². The molecule has 2 rings (SSSR count). The van der Waals surface area contributed by atoms with Gasteiger partial charge in [-0.05, 0) is 46.9 Å². The van der Waals surface area contributed by atoms with Gasteiger partial charge in [-0.3, -0.25) is 14.9 Å². The fourth-order valence-corrected chi connectivity index (χ4v) is 2.12. The second kappa shape index (κ2) is 5.95. The third kappa shape index (κ3) is 3.10. The minimum absolute atomic E-state index is 0.184. The second-order valence-electron chi connectivity index (χ2n) is 3.85. The van der Waals surface area contributed by atoms with Crippen LogP contribution in [0.1, 0.15) is 10.4 Å². The lowest BCUT2D eigenvalue weighted by atomic mass is 10.1. The average Bonchev–Trinajstić information content (AvgIpc) is 2.41. The Morgan fingerprint density at radius 3 is 2.60 bits per heavy atom. The third-order valence-corrected chi connectivity index (χ3v) is 3.46. The van der Waals surface area contributed by atoms with E-state index >= 15 is 0 Å². The van der Waals surface area contributed by atoms with Gasteiger partial charge in [-0.2, -0.15) is 0 Å². The zero-order valence-corrected chi connectivity index (χ0v) is 12.1. The number of nitro groups is 1. The number of nitrogens with zero attached hydrogens (tertiary/aromatic N) is 1. The number of halogens is 2. The van der Waals surface area contributed by atoms with Crippen molar-refractivity contribution in [2.75, 3.05) is 5.32 Å². The van der Waals surface area contributed by atoms with Crippen LogP contribution in [0.3, 0.4) is 0 Å². The molecule has 0 aliphatic rings. The fourth-order valence-electron chi connectivity index (χ4n) is 1.60. The highest BCUT2D eigenvalue weighted by atomic mass is 127. The summed E-state index contributed by atoms with van der Waals surface area (Å²) in [6.45, 7) is 0. The maximum atomic E-state index is 13.0. The highest BCUT2D eigenvalue weighted by molar-refractivity contribution is 14.1. The Bertz CT molecular complexity index is 691. The number of hydrogen-bond acceptors (Lipinski definition) is 3. The van der Waals surface area contributed by atoms with Crippen LogP contribution in [0.15, 0.2) is 42.5 Å². The third-order valence-electron chi connectivity index (χ3n) is 2.52. The summed E-state index contributed by atoms with van der Waals surface area (Å²) in [4.78, 5) is 22.1. The molecule has 2 aromatic carbocycles. The van der Waals surface area contributed by atoms with Gasteiger partial charge >= 0.3 is 0 Å². The predicted molar refractivity (Wildman–Crippen MR) is 80.2 cm³/mol. The van der Waals surface area contributed by atoms with Gasteiger partial charge in [-0.25, -0.2) is 4.39 Å². The molecule has 0 fully saturated rings. The first-order valence-corrected chi connectivity index (χ1v) is 6.56. The molecule has 0 bridgehead atoms. The van der Waals surface area contributed by atoms with Crippen molar-refractivity contribution >= 4 is 39.9 Å². The Balaban J connectivity index is 2.35. The van der Waals surface area contributed by atoms with Crippen molar-refractivity contribution in [3.63, 3.8) is 0 Å². The maximum Gasteiger partial charge on any atom is 0.285 e. The number of nitro benzene ring substituents is 1. The summed E-state index contributed by atoms with van der Waals surface area (Å²) in [5.74, 6) is -1.41. The molecule has 1 amide bonds. The van der Waals surface area contributed by atoms with Crippen molar-refractivity contribution < 1.29 is 14.1 Å². The molecule has 0 heterocycles. The molecule has 102 valence electrons. The van der Waals surface area contributed by atoms with E-state index in [0.717, 1.165) is 21.8 Å². The summed E-state index contributed by atoms with van der Waals surface area (Å²) in [5.41, 5.74) is -0.207. The van der Waals surface area contributed by atoms with Crippen LogP contribution in [0.5, 0.6) is 0 Å². The molecule has 0 atom stereocenters. The van der Waals surface area contributed by atoms with E-state index in [4.69, 9.17) is 0 Å². The number of carbonyl (C=O) groups excluding carboxylic acids is 1. The van der Waals surface area contributed by atoms with Crippen LogP contribution in [0.2, 0.25) is 0 Å². The number of amides is 1. The van der Waals surface area contributed by atoms with Gasteiger partial charge in [-0.1, -0.05) is 12.1 Å². The Labute approximate surface area is 127 Å². The van der Waals surface area contributed by atoms with E-state index in [1.54, 1.807) is 24.3 Å². The zero-order valence-electron chi connectivity index (χ0n) is 9.97. The lowest BCUT2D eigenvalue weighted by Crippen LogP contribution is -2.14. The fraction of sp³-hybridized carbons (Fsp3) is 0. The lowest BCUT2D eigenvalue weighted by Gasteiger charge is -2.07. The number of para-hydroxylation sites is 1. The second-order valence-corrected chi connectivity index (χ2v) is 5.01. The molecule has 0 aliphatic heterocycles. The van der Waals surface area contributed by atoms with Crippen molar-refractivity contribution in [3.05, 3.63) is 67.5 Å². The van der Waals surface area contributed by atoms with E-state index in [1.165, 1.54) is 0 Å².